The van der Waals surface area contributed by atoms with Crippen LogP contribution in [-0.2, 0) is 14.9 Å². The summed E-state index contributed by atoms with van der Waals surface area (Å²) in [6.07, 6.45) is 0. The van der Waals surface area contributed by atoms with Gasteiger partial charge in [0.2, 0.25) is 0 Å². The third-order valence-corrected chi connectivity index (χ3v) is 2.84. The first-order chi connectivity index (χ1) is 7.08. The highest BCUT2D eigenvalue weighted by Gasteiger charge is 2.42. The number of ether oxygens (including phenoxy) is 1. The lowest BCUT2D eigenvalue weighted by Crippen LogP contribution is -2.35. The number of methoxy groups -OCH3 is 1. The largest absolute Gasteiger partial charge is 0.468 e. The molecule has 0 saturated heterocycles. The van der Waals surface area contributed by atoms with Gasteiger partial charge in [0.05, 0.1) is 7.11 Å². The van der Waals surface area contributed by atoms with E-state index in [1.807, 2.05) is 0 Å². The summed E-state index contributed by atoms with van der Waals surface area (Å²) < 4.78 is 17.7. The average Bonchev–Trinajstić information content (AvgIpc) is 2.56. The quantitative estimate of drug-likeness (QED) is 0.715. The molecule has 0 bridgehead atoms. The molecule has 1 aliphatic heterocycles. The van der Waals surface area contributed by atoms with Crippen molar-refractivity contribution < 1.29 is 13.9 Å². The number of benzene rings is 1. The summed E-state index contributed by atoms with van der Waals surface area (Å²) in [5.41, 5.74) is 0.747. The molecule has 1 aromatic carbocycles. The zero-order valence-electron chi connectivity index (χ0n) is 8.63. The molecular formula is C11H12FNO2. The molecule has 2 rings (SSSR count). The van der Waals surface area contributed by atoms with Gasteiger partial charge < -0.3 is 10.1 Å². The van der Waals surface area contributed by atoms with Crippen molar-refractivity contribution in [2.45, 2.75) is 12.3 Å². The fraction of sp³-hybridized carbons (Fsp3) is 0.364. The average molecular weight is 209 g/mol. The Morgan fingerprint density at radius 2 is 2.33 bits per heavy atom. The summed E-state index contributed by atoms with van der Waals surface area (Å²) in [5, 5.41) is 3.01. The molecule has 1 aliphatic rings. The lowest BCUT2D eigenvalue weighted by Gasteiger charge is -2.20. The molecule has 0 aromatic heterocycles. The molecule has 1 N–H and O–H groups in total. The van der Waals surface area contributed by atoms with Gasteiger partial charge in [0.1, 0.15) is 11.2 Å². The SMILES string of the molecule is COC(=O)C1(C)CNc2cc(F)ccc21. The number of hydrogen-bond donors (Lipinski definition) is 1. The van der Waals surface area contributed by atoms with Crippen LogP contribution >= 0.6 is 0 Å². The van der Waals surface area contributed by atoms with Crippen molar-refractivity contribution in [3.63, 3.8) is 0 Å². The highest BCUT2D eigenvalue weighted by atomic mass is 19.1. The van der Waals surface area contributed by atoms with Crippen LogP contribution < -0.4 is 5.32 Å². The summed E-state index contributed by atoms with van der Waals surface area (Å²) in [5.74, 6) is -0.615. The van der Waals surface area contributed by atoms with Gasteiger partial charge in [0, 0.05) is 12.2 Å². The minimum Gasteiger partial charge on any atom is -0.468 e. The van der Waals surface area contributed by atoms with Crippen molar-refractivity contribution in [1.29, 1.82) is 0 Å². The summed E-state index contributed by atoms with van der Waals surface area (Å²) >= 11 is 0. The van der Waals surface area contributed by atoms with Gasteiger partial charge in [-0.3, -0.25) is 4.79 Å². The number of halogens is 1. The van der Waals surface area contributed by atoms with E-state index in [-0.39, 0.29) is 11.8 Å². The van der Waals surface area contributed by atoms with Crippen molar-refractivity contribution in [2.75, 3.05) is 19.0 Å². The molecule has 3 nitrogen and oxygen atoms in total. The number of esters is 1. The van der Waals surface area contributed by atoms with Crippen LogP contribution in [0.25, 0.3) is 0 Å². The lowest BCUT2D eigenvalue weighted by atomic mass is 9.84. The van der Waals surface area contributed by atoms with E-state index >= 15 is 0 Å². The van der Waals surface area contributed by atoms with E-state index in [2.05, 4.69) is 5.32 Å². The summed E-state index contributed by atoms with van der Waals surface area (Å²) in [7, 11) is 1.36. The topological polar surface area (TPSA) is 38.3 Å². The smallest absolute Gasteiger partial charge is 0.317 e. The van der Waals surface area contributed by atoms with Gasteiger partial charge >= 0.3 is 5.97 Å². The first-order valence-corrected chi connectivity index (χ1v) is 4.70. The second-order valence-corrected chi connectivity index (χ2v) is 3.87. The van der Waals surface area contributed by atoms with Crippen LogP contribution in [-0.4, -0.2) is 19.6 Å². The van der Waals surface area contributed by atoms with Crippen molar-refractivity contribution in [3.8, 4) is 0 Å². The van der Waals surface area contributed by atoms with E-state index in [1.165, 1.54) is 19.2 Å². The molecule has 0 saturated carbocycles. The monoisotopic (exact) mass is 209 g/mol. The number of nitrogens with one attached hydrogen (secondary N) is 1. The Morgan fingerprint density at radius 1 is 1.60 bits per heavy atom. The Hall–Kier alpha value is -1.58. The fourth-order valence-electron chi connectivity index (χ4n) is 1.92. The first-order valence-electron chi connectivity index (χ1n) is 4.70. The predicted molar refractivity (Wildman–Crippen MR) is 54.3 cm³/mol. The van der Waals surface area contributed by atoms with Gasteiger partial charge in [-0.15, -0.1) is 0 Å². The Labute approximate surface area is 87.2 Å². The van der Waals surface area contributed by atoms with Crippen LogP contribution in [0, 0.1) is 5.82 Å². The minimum atomic E-state index is -0.711. The van der Waals surface area contributed by atoms with Gasteiger partial charge in [-0.25, -0.2) is 4.39 Å². The van der Waals surface area contributed by atoms with Crippen molar-refractivity contribution in [3.05, 3.63) is 29.6 Å². The molecule has 0 radical (unpaired) electrons. The van der Waals surface area contributed by atoms with E-state index < -0.39 is 5.41 Å². The third-order valence-electron chi connectivity index (χ3n) is 2.84. The van der Waals surface area contributed by atoms with Gasteiger partial charge in [0.15, 0.2) is 0 Å². The van der Waals surface area contributed by atoms with Gasteiger partial charge in [-0.1, -0.05) is 6.07 Å². The van der Waals surface area contributed by atoms with Crippen molar-refractivity contribution in [2.24, 2.45) is 0 Å². The Balaban J connectivity index is 2.48. The summed E-state index contributed by atoms with van der Waals surface area (Å²) in [6, 6.07) is 4.37. The number of anilines is 1. The van der Waals surface area contributed by atoms with E-state index in [4.69, 9.17) is 4.74 Å². The number of carbonyl (C=O) groups is 1. The number of hydrogen-bond acceptors (Lipinski definition) is 3. The summed E-state index contributed by atoms with van der Waals surface area (Å²) in [4.78, 5) is 11.6. The second-order valence-electron chi connectivity index (χ2n) is 3.87. The molecule has 15 heavy (non-hydrogen) atoms. The molecule has 0 aliphatic carbocycles. The maximum Gasteiger partial charge on any atom is 0.317 e. The van der Waals surface area contributed by atoms with Crippen LogP contribution in [0.15, 0.2) is 18.2 Å². The fourth-order valence-corrected chi connectivity index (χ4v) is 1.92. The van der Waals surface area contributed by atoms with Crippen LogP contribution in [0.5, 0.6) is 0 Å². The van der Waals surface area contributed by atoms with Gasteiger partial charge in [-0.2, -0.15) is 0 Å². The highest BCUT2D eigenvalue weighted by molar-refractivity contribution is 5.88. The highest BCUT2D eigenvalue weighted by Crippen LogP contribution is 2.37. The first kappa shape index (κ1) is 9.96. The standard InChI is InChI=1S/C11H12FNO2/c1-11(10(14)15-2)6-13-9-5-7(12)3-4-8(9)11/h3-5,13H,6H2,1-2H3. The molecular weight excluding hydrogens is 197 g/mol. The molecule has 80 valence electrons. The molecule has 1 aromatic rings. The molecule has 1 heterocycles. The van der Waals surface area contributed by atoms with Crippen LogP contribution in [0.2, 0.25) is 0 Å². The van der Waals surface area contributed by atoms with Crippen molar-refractivity contribution in [1.82, 2.24) is 0 Å². The predicted octanol–water partition coefficient (Wildman–Crippen LogP) is 1.68. The Kier molecular flexibility index (Phi) is 2.14. The van der Waals surface area contributed by atoms with E-state index in [0.717, 1.165) is 5.56 Å². The zero-order valence-corrected chi connectivity index (χ0v) is 8.63. The van der Waals surface area contributed by atoms with Crippen molar-refractivity contribution >= 4 is 11.7 Å². The molecule has 1 unspecified atom stereocenters. The lowest BCUT2D eigenvalue weighted by molar-refractivity contribution is -0.146. The zero-order chi connectivity index (χ0) is 11.1. The number of rotatable bonds is 1. The van der Waals surface area contributed by atoms with E-state index in [1.54, 1.807) is 13.0 Å². The molecule has 0 fully saturated rings. The molecule has 4 heteroatoms. The maximum atomic E-state index is 12.9. The molecule has 0 amide bonds. The van der Waals surface area contributed by atoms with Crippen LogP contribution in [0.4, 0.5) is 10.1 Å². The van der Waals surface area contributed by atoms with Crippen LogP contribution in [0.3, 0.4) is 0 Å². The number of carbonyl (C=O) groups excluding carboxylic acids is 1. The Morgan fingerprint density at radius 3 is 3.00 bits per heavy atom. The second kappa shape index (κ2) is 3.22. The normalized spacial score (nSPS) is 23.1. The van der Waals surface area contributed by atoms with Gasteiger partial charge in [-0.05, 0) is 24.6 Å². The molecule has 1 atom stereocenters. The minimum absolute atomic E-state index is 0.305. The van der Waals surface area contributed by atoms with E-state index in [0.29, 0.717) is 12.2 Å². The van der Waals surface area contributed by atoms with Gasteiger partial charge in [0.25, 0.3) is 0 Å². The maximum absolute atomic E-state index is 12.9. The number of fused-ring (bicyclic) bond motifs is 1. The third kappa shape index (κ3) is 1.37. The summed E-state index contributed by atoms with van der Waals surface area (Å²) in [6.45, 7) is 2.23. The Bertz CT molecular complexity index is 419. The van der Waals surface area contributed by atoms with Crippen LogP contribution in [0.1, 0.15) is 12.5 Å². The molecule has 0 spiro atoms. The van der Waals surface area contributed by atoms with E-state index in [9.17, 15) is 9.18 Å².